The number of rotatable bonds is 3. The average molecular weight is 160 g/mol. The van der Waals surface area contributed by atoms with Gasteiger partial charge in [-0.3, -0.25) is 0 Å². The average Bonchev–Trinajstić information content (AvgIpc) is 1.81. The first-order valence-corrected chi connectivity index (χ1v) is 6.24. The molecule has 0 heterocycles. The van der Waals surface area contributed by atoms with E-state index in [0.29, 0.717) is 5.95 Å². The summed E-state index contributed by atoms with van der Waals surface area (Å²) in [6, 6.07) is 0. The van der Waals surface area contributed by atoms with E-state index >= 15 is 0 Å². The quantitative estimate of drug-likeness (QED) is 0.463. The van der Waals surface area contributed by atoms with Crippen molar-refractivity contribution >= 4 is 9.04 Å². The standard InChI is InChI=1S/C7H16O2Si/c1-6(2)7(8-3)9-10(4)5/h10H,1-5H3. The smallest absolute Gasteiger partial charge is 0.263 e. The highest BCUT2D eigenvalue weighted by Gasteiger charge is 2.02. The summed E-state index contributed by atoms with van der Waals surface area (Å²) in [6.45, 7) is 8.19. The lowest BCUT2D eigenvalue weighted by Crippen LogP contribution is -2.09. The second kappa shape index (κ2) is 4.38. The van der Waals surface area contributed by atoms with Crippen LogP contribution >= 0.6 is 0 Å². The summed E-state index contributed by atoms with van der Waals surface area (Å²) in [4.78, 5) is 0. The molecule has 2 nitrogen and oxygen atoms in total. The van der Waals surface area contributed by atoms with Crippen molar-refractivity contribution in [2.75, 3.05) is 7.11 Å². The Labute approximate surface area is 64.6 Å². The predicted molar refractivity (Wildman–Crippen MR) is 45.3 cm³/mol. The first-order chi connectivity index (χ1) is 4.57. The molecular weight excluding hydrogens is 144 g/mol. The van der Waals surface area contributed by atoms with Gasteiger partial charge in [-0.05, 0) is 26.9 Å². The van der Waals surface area contributed by atoms with E-state index in [0.717, 1.165) is 5.57 Å². The Balaban J connectivity index is 3.97. The summed E-state index contributed by atoms with van der Waals surface area (Å²) >= 11 is 0. The van der Waals surface area contributed by atoms with Crippen LogP contribution in [-0.2, 0) is 9.16 Å². The van der Waals surface area contributed by atoms with E-state index in [9.17, 15) is 0 Å². The first kappa shape index (κ1) is 9.56. The monoisotopic (exact) mass is 160 g/mol. The van der Waals surface area contributed by atoms with Crippen LogP contribution in [0.5, 0.6) is 0 Å². The van der Waals surface area contributed by atoms with Crippen LogP contribution in [-0.4, -0.2) is 16.2 Å². The molecule has 0 unspecified atom stereocenters. The van der Waals surface area contributed by atoms with Gasteiger partial charge in [0.25, 0.3) is 5.95 Å². The van der Waals surface area contributed by atoms with Gasteiger partial charge in [0, 0.05) is 5.57 Å². The van der Waals surface area contributed by atoms with Crippen LogP contribution in [0.4, 0.5) is 0 Å². The lowest BCUT2D eigenvalue weighted by atomic mass is 10.4. The molecule has 0 aromatic heterocycles. The van der Waals surface area contributed by atoms with Gasteiger partial charge in [0.15, 0.2) is 0 Å². The van der Waals surface area contributed by atoms with Gasteiger partial charge >= 0.3 is 0 Å². The molecule has 0 aliphatic rings. The first-order valence-electron chi connectivity index (χ1n) is 3.46. The maximum absolute atomic E-state index is 5.46. The Bertz CT molecular complexity index is 126. The second-order valence-electron chi connectivity index (χ2n) is 2.66. The van der Waals surface area contributed by atoms with Crippen molar-refractivity contribution in [3.05, 3.63) is 11.5 Å². The van der Waals surface area contributed by atoms with Gasteiger partial charge in [-0.25, -0.2) is 0 Å². The molecule has 0 aliphatic carbocycles. The largest absolute Gasteiger partial charge is 0.522 e. The van der Waals surface area contributed by atoms with Gasteiger partial charge in [-0.1, -0.05) is 0 Å². The highest BCUT2D eigenvalue weighted by Crippen LogP contribution is 2.06. The predicted octanol–water partition coefficient (Wildman–Crippen LogP) is 1.88. The van der Waals surface area contributed by atoms with Crippen LogP contribution in [0.15, 0.2) is 11.5 Å². The molecule has 60 valence electrons. The van der Waals surface area contributed by atoms with Gasteiger partial charge in [-0.2, -0.15) is 0 Å². The SMILES string of the molecule is COC(O[SiH](C)C)=C(C)C. The zero-order valence-electron chi connectivity index (χ0n) is 7.39. The van der Waals surface area contributed by atoms with Crippen molar-refractivity contribution in [1.29, 1.82) is 0 Å². The summed E-state index contributed by atoms with van der Waals surface area (Å²) in [5, 5.41) is 0. The molecular formula is C7H16O2Si. The third-order valence-corrected chi connectivity index (χ3v) is 1.62. The van der Waals surface area contributed by atoms with E-state index in [1.54, 1.807) is 7.11 Å². The Kier molecular flexibility index (Phi) is 4.19. The number of methoxy groups -OCH3 is 1. The summed E-state index contributed by atoms with van der Waals surface area (Å²) < 4.78 is 10.5. The highest BCUT2D eigenvalue weighted by molar-refractivity contribution is 6.48. The molecule has 0 aromatic rings. The van der Waals surface area contributed by atoms with E-state index in [1.807, 2.05) is 13.8 Å². The van der Waals surface area contributed by atoms with E-state index in [-0.39, 0.29) is 0 Å². The number of hydrogen-bond acceptors (Lipinski definition) is 2. The molecule has 0 amide bonds. The Morgan fingerprint density at radius 3 is 1.80 bits per heavy atom. The van der Waals surface area contributed by atoms with Crippen molar-refractivity contribution in [3.63, 3.8) is 0 Å². The fourth-order valence-corrected chi connectivity index (χ4v) is 1.34. The zero-order chi connectivity index (χ0) is 8.15. The molecule has 0 spiro atoms. The lowest BCUT2D eigenvalue weighted by molar-refractivity contribution is 0.147. The molecule has 0 bridgehead atoms. The van der Waals surface area contributed by atoms with E-state index in [1.165, 1.54) is 0 Å². The molecule has 10 heavy (non-hydrogen) atoms. The van der Waals surface area contributed by atoms with Crippen molar-refractivity contribution in [2.24, 2.45) is 0 Å². The topological polar surface area (TPSA) is 18.5 Å². The molecule has 0 radical (unpaired) electrons. The molecule has 0 atom stereocenters. The summed E-state index contributed by atoms with van der Waals surface area (Å²) in [5.41, 5.74) is 1.10. The maximum Gasteiger partial charge on any atom is 0.263 e. The Hall–Kier alpha value is -0.443. The minimum absolute atomic E-state index is 0.696. The van der Waals surface area contributed by atoms with E-state index in [4.69, 9.17) is 9.16 Å². The van der Waals surface area contributed by atoms with Crippen LogP contribution in [0.1, 0.15) is 13.8 Å². The van der Waals surface area contributed by atoms with Gasteiger partial charge in [0.2, 0.25) is 9.04 Å². The molecule has 0 saturated heterocycles. The summed E-state index contributed by atoms with van der Waals surface area (Å²) in [6.07, 6.45) is 0. The van der Waals surface area contributed by atoms with Crippen LogP contribution in [0.3, 0.4) is 0 Å². The van der Waals surface area contributed by atoms with Crippen molar-refractivity contribution in [2.45, 2.75) is 26.9 Å². The maximum atomic E-state index is 5.46. The van der Waals surface area contributed by atoms with E-state index < -0.39 is 9.04 Å². The van der Waals surface area contributed by atoms with Crippen molar-refractivity contribution in [1.82, 2.24) is 0 Å². The second-order valence-corrected chi connectivity index (χ2v) is 4.99. The minimum atomic E-state index is -0.985. The van der Waals surface area contributed by atoms with Crippen LogP contribution in [0.2, 0.25) is 13.1 Å². The highest BCUT2D eigenvalue weighted by atomic mass is 28.3. The minimum Gasteiger partial charge on any atom is -0.522 e. The zero-order valence-corrected chi connectivity index (χ0v) is 8.55. The molecule has 0 fully saturated rings. The number of ether oxygens (including phenoxy) is 1. The van der Waals surface area contributed by atoms with Crippen LogP contribution in [0.25, 0.3) is 0 Å². The molecule has 0 N–H and O–H groups in total. The van der Waals surface area contributed by atoms with Gasteiger partial charge in [0.1, 0.15) is 0 Å². The normalized spacial score (nSPS) is 9.40. The van der Waals surface area contributed by atoms with Crippen molar-refractivity contribution < 1.29 is 9.16 Å². The van der Waals surface area contributed by atoms with Crippen molar-refractivity contribution in [3.8, 4) is 0 Å². The van der Waals surface area contributed by atoms with Gasteiger partial charge in [0.05, 0.1) is 7.11 Å². The third-order valence-electron chi connectivity index (χ3n) is 0.936. The van der Waals surface area contributed by atoms with E-state index in [2.05, 4.69) is 13.1 Å². The van der Waals surface area contributed by atoms with Gasteiger partial charge in [-0.15, -0.1) is 0 Å². The molecule has 0 saturated carbocycles. The summed E-state index contributed by atoms with van der Waals surface area (Å²) in [5.74, 6) is 0.696. The molecule has 3 heteroatoms. The molecule has 0 aromatic carbocycles. The summed E-state index contributed by atoms with van der Waals surface area (Å²) in [7, 11) is 0.653. The Morgan fingerprint density at radius 1 is 1.20 bits per heavy atom. The number of allylic oxidation sites excluding steroid dienone is 1. The third kappa shape index (κ3) is 3.56. The lowest BCUT2D eigenvalue weighted by Gasteiger charge is -2.12. The van der Waals surface area contributed by atoms with Crippen LogP contribution in [0, 0.1) is 0 Å². The molecule has 0 rings (SSSR count). The molecule has 0 aliphatic heterocycles. The fraction of sp³-hybridized carbons (Fsp3) is 0.714. The fourth-order valence-electron chi connectivity index (χ4n) is 0.584. The Morgan fingerprint density at radius 2 is 1.70 bits per heavy atom. The van der Waals surface area contributed by atoms with Gasteiger partial charge < -0.3 is 9.16 Å². The van der Waals surface area contributed by atoms with Crippen LogP contribution < -0.4 is 0 Å². The number of hydrogen-bond donors (Lipinski definition) is 0.